The Morgan fingerprint density at radius 3 is 2.48 bits per heavy atom. The van der Waals surface area contributed by atoms with Crippen LogP contribution < -0.4 is 4.74 Å². The van der Waals surface area contributed by atoms with Crippen LogP contribution in [0.1, 0.15) is 34.8 Å². The van der Waals surface area contributed by atoms with E-state index in [9.17, 15) is 10.3 Å². The average Bonchev–Trinajstić information content (AvgIpc) is 3.45. The number of aliphatic hydroxyl groups is 1. The van der Waals surface area contributed by atoms with E-state index in [2.05, 4.69) is 20.1 Å². The van der Waals surface area contributed by atoms with E-state index in [4.69, 9.17) is 29.8 Å². The standard InChI is InChI=1S/C31H32N8O5/c32-37-34-21-24-7-2-1-6-23(24)20-31(30(41)39-14-18-42-19-15-39)28(26-8-3-4-9-27(26)36-38-33)44-29(35-31)22-10-12-25(13-11-22)43-17-5-16-40/h1-4,6-13,28,40H,5,14-21H2/t28-,31-/m1/s1. The van der Waals surface area contributed by atoms with Crippen molar-refractivity contribution in [3.8, 4) is 5.75 Å². The van der Waals surface area contributed by atoms with Crippen LogP contribution in [0.4, 0.5) is 5.69 Å². The van der Waals surface area contributed by atoms with Gasteiger partial charge in [-0.2, -0.15) is 0 Å². The van der Waals surface area contributed by atoms with Crippen LogP contribution in [-0.2, 0) is 27.2 Å². The Hall–Kier alpha value is -5.06. The van der Waals surface area contributed by atoms with Crippen molar-refractivity contribution in [2.75, 3.05) is 39.5 Å². The van der Waals surface area contributed by atoms with Crippen molar-refractivity contribution in [2.24, 2.45) is 15.2 Å². The summed E-state index contributed by atoms with van der Waals surface area (Å²) in [7, 11) is 0. The molecule has 2 aliphatic heterocycles. The smallest absolute Gasteiger partial charge is 0.255 e. The predicted molar refractivity (Wildman–Crippen MR) is 162 cm³/mol. The summed E-state index contributed by atoms with van der Waals surface area (Å²) in [5, 5.41) is 16.7. The first-order valence-corrected chi connectivity index (χ1v) is 14.3. The lowest BCUT2D eigenvalue weighted by atomic mass is 9.80. The van der Waals surface area contributed by atoms with E-state index in [0.717, 1.165) is 11.1 Å². The molecule has 3 aromatic carbocycles. The molecule has 3 aromatic rings. The number of aliphatic hydroxyl groups excluding tert-OH is 1. The fourth-order valence-corrected chi connectivity index (χ4v) is 5.42. The lowest BCUT2D eigenvalue weighted by Crippen LogP contribution is -2.54. The maximum Gasteiger partial charge on any atom is 0.255 e. The van der Waals surface area contributed by atoms with Crippen molar-refractivity contribution >= 4 is 17.5 Å². The zero-order valence-corrected chi connectivity index (χ0v) is 24.0. The highest BCUT2D eigenvalue weighted by molar-refractivity contribution is 6.01. The van der Waals surface area contributed by atoms with Gasteiger partial charge in [0.05, 0.1) is 26.4 Å². The quantitative estimate of drug-likeness (QED) is 0.124. The van der Waals surface area contributed by atoms with Crippen molar-refractivity contribution in [3.63, 3.8) is 0 Å². The molecule has 0 spiro atoms. The summed E-state index contributed by atoms with van der Waals surface area (Å²) in [6.07, 6.45) is -0.318. The lowest BCUT2D eigenvalue weighted by molar-refractivity contribution is -0.143. The average molecular weight is 597 g/mol. The van der Waals surface area contributed by atoms with Crippen molar-refractivity contribution in [1.82, 2.24) is 4.90 Å². The topological polar surface area (TPSA) is 178 Å². The third-order valence-electron chi connectivity index (χ3n) is 7.56. The number of azide groups is 2. The summed E-state index contributed by atoms with van der Waals surface area (Å²) in [6.45, 7) is 2.07. The lowest BCUT2D eigenvalue weighted by Gasteiger charge is -2.37. The van der Waals surface area contributed by atoms with E-state index < -0.39 is 11.6 Å². The van der Waals surface area contributed by atoms with E-state index >= 15 is 0 Å². The zero-order valence-electron chi connectivity index (χ0n) is 24.0. The van der Waals surface area contributed by atoms with E-state index in [1.165, 1.54) is 0 Å². The minimum absolute atomic E-state index is 0.0344. The van der Waals surface area contributed by atoms with Gasteiger partial charge in [-0.25, -0.2) is 4.99 Å². The fourth-order valence-electron chi connectivity index (χ4n) is 5.42. The molecule has 0 radical (unpaired) electrons. The third kappa shape index (κ3) is 6.61. The molecule has 2 heterocycles. The van der Waals surface area contributed by atoms with Crippen LogP contribution in [0.15, 0.2) is 88.0 Å². The van der Waals surface area contributed by atoms with Gasteiger partial charge in [0.15, 0.2) is 11.6 Å². The van der Waals surface area contributed by atoms with E-state index in [1.54, 1.807) is 53.4 Å². The van der Waals surface area contributed by atoms with Gasteiger partial charge in [-0.3, -0.25) is 4.79 Å². The maximum atomic E-state index is 14.7. The van der Waals surface area contributed by atoms with E-state index in [1.807, 2.05) is 24.3 Å². The Kier molecular flexibility index (Phi) is 9.96. The molecule has 1 amide bonds. The zero-order chi connectivity index (χ0) is 30.8. The molecular weight excluding hydrogens is 564 g/mol. The second-order valence-electron chi connectivity index (χ2n) is 10.3. The molecule has 1 N–H and O–H groups in total. The Morgan fingerprint density at radius 2 is 1.75 bits per heavy atom. The second-order valence-corrected chi connectivity index (χ2v) is 10.3. The van der Waals surface area contributed by atoms with Crippen molar-refractivity contribution < 1.29 is 24.1 Å². The van der Waals surface area contributed by atoms with Gasteiger partial charge < -0.3 is 24.2 Å². The summed E-state index contributed by atoms with van der Waals surface area (Å²) in [5.74, 6) is 0.620. The number of nitrogens with zero attached hydrogens (tertiary/aromatic N) is 8. The summed E-state index contributed by atoms with van der Waals surface area (Å²) >= 11 is 0. The van der Waals surface area contributed by atoms with Crippen LogP contribution in [0.2, 0.25) is 0 Å². The SMILES string of the molecule is [N-]=[N+]=NCc1ccccc1C[C@@]1(C(=O)N2CCOCC2)N=C(c2ccc(OCCCO)cc2)O[C@@H]1c1ccccc1N=[N+]=[N-]. The van der Waals surface area contributed by atoms with Gasteiger partial charge in [0.1, 0.15) is 5.75 Å². The Balaban J connectivity index is 1.66. The number of morpholine rings is 1. The number of hydrogen-bond donors (Lipinski definition) is 1. The number of hydrogen-bond acceptors (Lipinski definition) is 8. The van der Waals surface area contributed by atoms with Crippen LogP contribution in [-0.4, -0.2) is 66.9 Å². The normalized spacial score (nSPS) is 19.2. The van der Waals surface area contributed by atoms with Gasteiger partial charge >= 0.3 is 0 Å². The highest BCUT2D eigenvalue weighted by Gasteiger charge is 2.55. The number of benzene rings is 3. The summed E-state index contributed by atoms with van der Waals surface area (Å²) < 4.78 is 17.8. The summed E-state index contributed by atoms with van der Waals surface area (Å²) in [4.78, 5) is 27.5. The van der Waals surface area contributed by atoms with Crippen molar-refractivity contribution in [2.45, 2.75) is 31.0 Å². The minimum atomic E-state index is -1.50. The molecule has 0 saturated carbocycles. The van der Waals surface area contributed by atoms with E-state index in [0.29, 0.717) is 61.9 Å². The molecule has 1 fully saturated rings. The number of carbonyl (C=O) groups excluding carboxylic acids is 1. The van der Waals surface area contributed by atoms with Crippen LogP contribution in [0.3, 0.4) is 0 Å². The number of amides is 1. The summed E-state index contributed by atoms with van der Waals surface area (Å²) in [5.41, 5.74) is 19.9. The Bertz CT molecular complexity index is 1590. The van der Waals surface area contributed by atoms with Crippen LogP contribution in [0.5, 0.6) is 5.75 Å². The maximum absolute atomic E-state index is 14.7. The second kappa shape index (κ2) is 14.4. The Morgan fingerprint density at radius 1 is 1.02 bits per heavy atom. The Labute approximate surface area is 253 Å². The highest BCUT2D eigenvalue weighted by atomic mass is 16.5. The third-order valence-corrected chi connectivity index (χ3v) is 7.56. The van der Waals surface area contributed by atoms with Gasteiger partial charge in [-0.15, -0.1) is 0 Å². The van der Waals surface area contributed by atoms with Gasteiger partial charge in [0, 0.05) is 59.2 Å². The molecule has 13 heteroatoms. The first-order valence-electron chi connectivity index (χ1n) is 14.3. The molecule has 0 bridgehead atoms. The summed E-state index contributed by atoms with van der Waals surface area (Å²) in [6, 6.07) is 21.6. The minimum Gasteiger partial charge on any atom is -0.494 e. The number of carbonyl (C=O) groups is 1. The molecule has 0 aliphatic carbocycles. The molecule has 226 valence electrons. The molecule has 5 rings (SSSR count). The number of ether oxygens (including phenoxy) is 3. The van der Waals surface area contributed by atoms with Crippen LogP contribution >= 0.6 is 0 Å². The van der Waals surface area contributed by atoms with Gasteiger partial charge in [0.2, 0.25) is 5.90 Å². The van der Waals surface area contributed by atoms with Crippen LogP contribution in [0.25, 0.3) is 20.9 Å². The molecule has 2 atom stereocenters. The molecule has 0 unspecified atom stereocenters. The van der Waals surface area contributed by atoms with Gasteiger partial charge in [-0.05, 0) is 46.5 Å². The molecule has 0 aromatic heterocycles. The monoisotopic (exact) mass is 596 g/mol. The predicted octanol–water partition coefficient (Wildman–Crippen LogP) is 5.56. The largest absolute Gasteiger partial charge is 0.494 e. The molecule has 44 heavy (non-hydrogen) atoms. The number of rotatable bonds is 12. The van der Waals surface area contributed by atoms with Crippen molar-refractivity contribution in [3.05, 3.63) is 116 Å². The number of aliphatic imine (C=N–C) groups is 1. The van der Waals surface area contributed by atoms with Crippen molar-refractivity contribution in [1.29, 1.82) is 0 Å². The molecule has 13 nitrogen and oxygen atoms in total. The van der Waals surface area contributed by atoms with Gasteiger partial charge in [-0.1, -0.05) is 58.8 Å². The first kappa shape index (κ1) is 30.4. The molecular formula is C31H32N8O5. The van der Waals surface area contributed by atoms with Gasteiger partial charge in [0.25, 0.3) is 5.91 Å². The highest BCUT2D eigenvalue weighted by Crippen LogP contribution is 2.46. The fraction of sp³-hybridized carbons (Fsp3) is 0.355. The first-order chi connectivity index (χ1) is 21.6. The molecule has 1 saturated heterocycles. The molecule has 2 aliphatic rings. The van der Waals surface area contributed by atoms with E-state index in [-0.39, 0.29) is 31.4 Å². The van der Waals surface area contributed by atoms with Crippen LogP contribution in [0, 0.1) is 0 Å².